The Hall–Kier alpha value is -1.63. The van der Waals surface area contributed by atoms with E-state index in [-0.39, 0.29) is 5.71 Å². The molecule has 1 heterocycles. The van der Waals surface area contributed by atoms with E-state index < -0.39 is 33.3 Å². The second kappa shape index (κ2) is 7.18. The van der Waals surface area contributed by atoms with E-state index in [1.165, 1.54) is 21.3 Å². The van der Waals surface area contributed by atoms with Crippen molar-refractivity contribution in [3.05, 3.63) is 35.9 Å². The minimum Gasteiger partial charge on any atom is -0.468 e. The summed E-state index contributed by atoms with van der Waals surface area (Å²) in [4.78, 5) is 26.2. The summed E-state index contributed by atoms with van der Waals surface area (Å²) in [6.45, 7) is 3.12. The lowest BCUT2D eigenvalue weighted by molar-refractivity contribution is -0.158. The highest BCUT2D eigenvalue weighted by Crippen LogP contribution is 2.56. The first-order chi connectivity index (χ1) is 12.1. The van der Waals surface area contributed by atoms with Gasteiger partial charge in [0.25, 0.3) is 0 Å². The standard InChI is InChI=1S/C18H21Cl2NO5/c1-11-17(19,14(22)24-3)13(12-9-7-6-8-10-12)18(20,15(23)25-4)16(2,21-11)26-5/h6-10,13H,1-5H3. The summed E-state index contributed by atoms with van der Waals surface area (Å²) < 4.78 is 15.4. The molecule has 0 N–H and O–H groups in total. The normalized spacial score (nSPS) is 34.0. The molecular formula is C18H21Cl2NO5. The molecule has 142 valence electrons. The molecule has 6 nitrogen and oxygen atoms in total. The van der Waals surface area contributed by atoms with E-state index in [0.29, 0.717) is 5.56 Å². The molecule has 0 bridgehead atoms. The molecule has 0 amide bonds. The number of alkyl halides is 2. The quantitative estimate of drug-likeness (QED) is 0.572. The number of esters is 2. The van der Waals surface area contributed by atoms with Crippen LogP contribution < -0.4 is 0 Å². The molecule has 0 saturated carbocycles. The van der Waals surface area contributed by atoms with Crippen LogP contribution in [0.3, 0.4) is 0 Å². The van der Waals surface area contributed by atoms with Crippen molar-refractivity contribution in [1.29, 1.82) is 0 Å². The zero-order chi connectivity index (χ0) is 19.8. The fourth-order valence-electron chi connectivity index (χ4n) is 3.40. The molecule has 0 radical (unpaired) electrons. The summed E-state index contributed by atoms with van der Waals surface area (Å²) in [7, 11) is 3.78. The van der Waals surface area contributed by atoms with Crippen LogP contribution in [-0.4, -0.2) is 54.5 Å². The van der Waals surface area contributed by atoms with E-state index in [9.17, 15) is 9.59 Å². The molecule has 0 aliphatic carbocycles. The minimum absolute atomic E-state index is 0.226. The van der Waals surface area contributed by atoms with Crippen LogP contribution in [0.4, 0.5) is 0 Å². The Bertz CT molecular complexity index is 740. The van der Waals surface area contributed by atoms with Gasteiger partial charge in [-0.15, -0.1) is 11.6 Å². The third-order valence-corrected chi connectivity index (χ3v) is 6.24. The Morgan fingerprint density at radius 1 is 1.04 bits per heavy atom. The van der Waals surface area contributed by atoms with E-state index in [1.807, 2.05) is 0 Å². The van der Waals surface area contributed by atoms with E-state index in [2.05, 4.69) is 4.99 Å². The number of hydrogen-bond donors (Lipinski definition) is 0. The van der Waals surface area contributed by atoms with Gasteiger partial charge in [-0.1, -0.05) is 41.9 Å². The van der Waals surface area contributed by atoms with Crippen LogP contribution >= 0.6 is 23.2 Å². The second-order valence-electron chi connectivity index (χ2n) is 6.13. The second-order valence-corrected chi connectivity index (χ2v) is 7.33. The van der Waals surface area contributed by atoms with Crippen molar-refractivity contribution in [1.82, 2.24) is 0 Å². The Labute approximate surface area is 162 Å². The predicted molar refractivity (Wildman–Crippen MR) is 98.9 cm³/mol. The van der Waals surface area contributed by atoms with Crippen molar-refractivity contribution < 1.29 is 23.8 Å². The molecule has 4 atom stereocenters. The zero-order valence-electron chi connectivity index (χ0n) is 15.2. The van der Waals surface area contributed by atoms with Crippen molar-refractivity contribution >= 4 is 40.9 Å². The van der Waals surface area contributed by atoms with Crippen LogP contribution in [0, 0.1) is 0 Å². The van der Waals surface area contributed by atoms with Gasteiger partial charge in [0.2, 0.25) is 0 Å². The van der Waals surface area contributed by atoms with Crippen molar-refractivity contribution in [2.24, 2.45) is 4.99 Å². The number of ether oxygens (including phenoxy) is 3. The predicted octanol–water partition coefficient (Wildman–Crippen LogP) is 2.91. The third-order valence-electron chi connectivity index (χ3n) is 4.87. The van der Waals surface area contributed by atoms with Gasteiger partial charge >= 0.3 is 11.9 Å². The molecule has 2 rings (SSSR count). The maximum Gasteiger partial charge on any atom is 0.333 e. The lowest BCUT2D eigenvalue weighted by Crippen LogP contribution is -2.68. The van der Waals surface area contributed by atoms with Crippen LogP contribution in [0.2, 0.25) is 0 Å². The molecule has 0 spiro atoms. The molecule has 26 heavy (non-hydrogen) atoms. The van der Waals surface area contributed by atoms with Gasteiger partial charge < -0.3 is 14.2 Å². The summed E-state index contributed by atoms with van der Waals surface area (Å²) in [5, 5.41) is 0. The Morgan fingerprint density at radius 2 is 1.58 bits per heavy atom. The van der Waals surface area contributed by atoms with Gasteiger partial charge in [0, 0.05) is 12.8 Å². The molecule has 1 aromatic rings. The third kappa shape index (κ3) is 2.71. The van der Waals surface area contributed by atoms with Crippen LogP contribution in [0.1, 0.15) is 25.3 Å². The first-order valence-corrected chi connectivity index (χ1v) is 8.60. The SMILES string of the molecule is COC(=O)C1(Cl)C(C)=NC(C)(OC)C(Cl)(C(=O)OC)C1c1ccccc1. The van der Waals surface area contributed by atoms with Gasteiger partial charge in [-0.3, -0.25) is 4.99 Å². The average Bonchev–Trinajstić information content (AvgIpc) is 2.65. The number of nitrogens with zero attached hydrogens (tertiary/aromatic N) is 1. The van der Waals surface area contributed by atoms with Gasteiger partial charge in [-0.2, -0.15) is 0 Å². The number of methoxy groups -OCH3 is 3. The fourth-order valence-corrected chi connectivity index (χ4v) is 4.35. The smallest absolute Gasteiger partial charge is 0.333 e. The molecule has 8 heteroatoms. The number of rotatable bonds is 4. The lowest BCUT2D eigenvalue weighted by atomic mass is 9.67. The van der Waals surface area contributed by atoms with Crippen molar-refractivity contribution in [2.45, 2.75) is 35.2 Å². The number of halogens is 2. The van der Waals surface area contributed by atoms with Crippen LogP contribution in [0.5, 0.6) is 0 Å². The van der Waals surface area contributed by atoms with Crippen molar-refractivity contribution in [3.63, 3.8) is 0 Å². The highest BCUT2D eigenvalue weighted by atomic mass is 35.5. The minimum atomic E-state index is -1.92. The highest BCUT2D eigenvalue weighted by Gasteiger charge is 2.71. The topological polar surface area (TPSA) is 74.2 Å². The van der Waals surface area contributed by atoms with E-state index in [0.717, 1.165) is 0 Å². The highest BCUT2D eigenvalue weighted by molar-refractivity contribution is 6.49. The molecule has 0 saturated heterocycles. The van der Waals surface area contributed by atoms with Gasteiger partial charge in [-0.25, -0.2) is 9.59 Å². The average molecular weight is 402 g/mol. The van der Waals surface area contributed by atoms with Gasteiger partial charge in [-0.05, 0) is 19.4 Å². The Kier molecular flexibility index (Phi) is 5.71. The Morgan fingerprint density at radius 3 is 2.04 bits per heavy atom. The van der Waals surface area contributed by atoms with Crippen LogP contribution in [0.15, 0.2) is 35.3 Å². The molecule has 0 fully saturated rings. The van der Waals surface area contributed by atoms with Gasteiger partial charge in [0.05, 0.1) is 20.1 Å². The van der Waals surface area contributed by atoms with Gasteiger partial charge in [0.15, 0.2) is 15.5 Å². The molecular weight excluding hydrogens is 381 g/mol. The summed E-state index contributed by atoms with van der Waals surface area (Å²) in [6.07, 6.45) is 0. The largest absolute Gasteiger partial charge is 0.468 e. The number of benzene rings is 1. The summed E-state index contributed by atoms with van der Waals surface area (Å²) in [6, 6.07) is 8.75. The molecule has 0 aromatic heterocycles. The number of aliphatic imine (C=N–C) groups is 1. The molecule has 1 aromatic carbocycles. The summed E-state index contributed by atoms with van der Waals surface area (Å²) in [5.74, 6) is -2.66. The van der Waals surface area contributed by atoms with Crippen LogP contribution in [0.25, 0.3) is 0 Å². The summed E-state index contributed by atoms with van der Waals surface area (Å²) >= 11 is 13.7. The number of carbonyl (C=O) groups is 2. The molecule has 1 aliphatic rings. The molecule has 4 unspecified atom stereocenters. The maximum atomic E-state index is 12.8. The van der Waals surface area contributed by atoms with E-state index in [4.69, 9.17) is 37.4 Å². The number of hydrogen-bond acceptors (Lipinski definition) is 6. The first kappa shape index (κ1) is 20.7. The molecule has 1 aliphatic heterocycles. The first-order valence-electron chi connectivity index (χ1n) is 7.85. The summed E-state index contributed by atoms with van der Waals surface area (Å²) in [5.41, 5.74) is -0.756. The van der Waals surface area contributed by atoms with Gasteiger partial charge in [0.1, 0.15) is 0 Å². The monoisotopic (exact) mass is 401 g/mol. The Balaban J connectivity index is 2.93. The van der Waals surface area contributed by atoms with E-state index in [1.54, 1.807) is 44.2 Å². The zero-order valence-corrected chi connectivity index (χ0v) is 16.7. The van der Waals surface area contributed by atoms with Crippen molar-refractivity contribution in [3.8, 4) is 0 Å². The fraction of sp³-hybridized carbons (Fsp3) is 0.500. The van der Waals surface area contributed by atoms with E-state index >= 15 is 0 Å². The number of carbonyl (C=O) groups excluding carboxylic acids is 2. The van der Waals surface area contributed by atoms with Crippen LogP contribution in [-0.2, 0) is 23.8 Å². The maximum absolute atomic E-state index is 12.8. The van der Waals surface area contributed by atoms with Crippen molar-refractivity contribution in [2.75, 3.05) is 21.3 Å². The lowest BCUT2D eigenvalue weighted by Gasteiger charge is -2.51.